The van der Waals surface area contributed by atoms with Gasteiger partial charge in [0.2, 0.25) is 0 Å². The first kappa shape index (κ1) is 10.0. The molecular formula is C9H16ClNO. The molecule has 0 amide bonds. The number of fused-ring (bicyclic) bond motifs is 3. The smallest absolute Gasteiger partial charge is 0.134 e. The van der Waals surface area contributed by atoms with E-state index in [1.54, 1.807) is 6.92 Å². The van der Waals surface area contributed by atoms with Crippen LogP contribution in [0.25, 0.3) is 0 Å². The van der Waals surface area contributed by atoms with Gasteiger partial charge in [-0.3, -0.25) is 4.79 Å². The molecule has 0 radical (unpaired) electrons. The minimum Gasteiger partial charge on any atom is -0.303 e. The van der Waals surface area contributed by atoms with E-state index in [4.69, 9.17) is 0 Å². The van der Waals surface area contributed by atoms with Gasteiger partial charge in [0.15, 0.2) is 0 Å². The Labute approximate surface area is 79.7 Å². The monoisotopic (exact) mass is 189 g/mol. The Kier molecular flexibility index (Phi) is 3.13. The topological polar surface area (TPSA) is 20.3 Å². The average molecular weight is 190 g/mol. The van der Waals surface area contributed by atoms with Crippen LogP contribution < -0.4 is 0 Å². The summed E-state index contributed by atoms with van der Waals surface area (Å²) < 4.78 is 0. The molecule has 0 spiro atoms. The fourth-order valence-corrected chi connectivity index (χ4v) is 2.43. The van der Waals surface area contributed by atoms with Gasteiger partial charge in [0.1, 0.15) is 5.78 Å². The van der Waals surface area contributed by atoms with Crippen molar-refractivity contribution in [3.63, 3.8) is 0 Å². The van der Waals surface area contributed by atoms with Crippen LogP contribution in [-0.4, -0.2) is 30.3 Å². The number of carbonyl (C=O) groups is 1. The van der Waals surface area contributed by atoms with E-state index in [2.05, 4.69) is 4.90 Å². The lowest BCUT2D eigenvalue weighted by Gasteiger charge is -2.43. The van der Waals surface area contributed by atoms with Crippen LogP contribution in [0.15, 0.2) is 0 Å². The van der Waals surface area contributed by atoms with Gasteiger partial charge in [-0.1, -0.05) is 0 Å². The summed E-state index contributed by atoms with van der Waals surface area (Å²) in [7, 11) is 0. The zero-order valence-electron chi connectivity index (χ0n) is 7.45. The van der Waals surface area contributed by atoms with Crippen molar-refractivity contribution in [3.8, 4) is 0 Å². The highest BCUT2D eigenvalue weighted by molar-refractivity contribution is 5.85. The van der Waals surface area contributed by atoms with Crippen molar-refractivity contribution in [2.75, 3.05) is 19.6 Å². The largest absolute Gasteiger partial charge is 0.303 e. The minimum atomic E-state index is 0. The maximum Gasteiger partial charge on any atom is 0.134 e. The number of piperidine rings is 3. The molecule has 70 valence electrons. The Morgan fingerprint density at radius 3 is 2.17 bits per heavy atom. The van der Waals surface area contributed by atoms with Gasteiger partial charge in [0.25, 0.3) is 0 Å². The molecule has 3 rings (SSSR count). The third-order valence-electron chi connectivity index (χ3n) is 3.18. The van der Waals surface area contributed by atoms with Gasteiger partial charge in [0, 0.05) is 12.5 Å². The van der Waals surface area contributed by atoms with Gasteiger partial charge in [-0.2, -0.15) is 0 Å². The fourth-order valence-electron chi connectivity index (χ4n) is 2.43. The number of Topliss-reactive ketones (excluding diaryl/α,β-unsaturated/α-hetero) is 1. The van der Waals surface area contributed by atoms with Crippen LogP contribution in [-0.2, 0) is 4.79 Å². The van der Waals surface area contributed by atoms with Crippen molar-refractivity contribution >= 4 is 18.2 Å². The minimum absolute atomic E-state index is 0. The summed E-state index contributed by atoms with van der Waals surface area (Å²) in [5.41, 5.74) is 0. The first-order valence-electron chi connectivity index (χ1n) is 4.50. The molecule has 0 saturated carbocycles. The van der Waals surface area contributed by atoms with Crippen molar-refractivity contribution in [2.24, 2.45) is 11.8 Å². The van der Waals surface area contributed by atoms with Crippen LogP contribution in [0.1, 0.15) is 19.8 Å². The number of rotatable bonds is 1. The third-order valence-corrected chi connectivity index (χ3v) is 3.18. The number of hydrogen-bond donors (Lipinski definition) is 0. The van der Waals surface area contributed by atoms with E-state index in [1.165, 1.54) is 25.9 Å². The second-order valence-electron chi connectivity index (χ2n) is 3.86. The van der Waals surface area contributed by atoms with E-state index >= 15 is 0 Å². The lowest BCUT2D eigenvalue weighted by molar-refractivity contribution is -0.126. The zero-order valence-corrected chi connectivity index (χ0v) is 8.27. The summed E-state index contributed by atoms with van der Waals surface area (Å²) in [4.78, 5) is 13.6. The summed E-state index contributed by atoms with van der Waals surface area (Å²) in [5.74, 6) is 1.49. The molecule has 3 saturated heterocycles. The number of halogens is 1. The molecule has 3 heteroatoms. The highest BCUT2D eigenvalue weighted by Gasteiger charge is 2.36. The van der Waals surface area contributed by atoms with E-state index in [0.717, 1.165) is 12.5 Å². The Bertz CT molecular complexity index is 175. The van der Waals surface area contributed by atoms with Crippen molar-refractivity contribution in [1.82, 2.24) is 4.90 Å². The highest BCUT2D eigenvalue weighted by Crippen LogP contribution is 2.32. The maximum atomic E-state index is 11.2. The summed E-state index contributed by atoms with van der Waals surface area (Å²) in [6.07, 6.45) is 2.51. The van der Waals surface area contributed by atoms with Gasteiger partial charge in [-0.25, -0.2) is 0 Å². The lowest BCUT2D eigenvalue weighted by Crippen LogP contribution is -2.49. The Morgan fingerprint density at radius 1 is 1.33 bits per heavy atom. The standard InChI is InChI=1S/C9H15NO.ClH/c1-7(11)9-6-10-4-2-8(9)3-5-10;/h8-9H,2-6H2,1H3;1H. The van der Waals surface area contributed by atoms with Gasteiger partial charge in [-0.05, 0) is 38.8 Å². The summed E-state index contributed by atoms with van der Waals surface area (Å²) >= 11 is 0. The van der Waals surface area contributed by atoms with Crippen LogP contribution in [0, 0.1) is 11.8 Å². The second-order valence-corrected chi connectivity index (χ2v) is 3.86. The van der Waals surface area contributed by atoms with E-state index in [9.17, 15) is 4.79 Å². The molecule has 1 unspecified atom stereocenters. The molecule has 12 heavy (non-hydrogen) atoms. The van der Waals surface area contributed by atoms with Gasteiger partial charge in [0.05, 0.1) is 0 Å². The van der Waals surface area contributed by atoms with Crippen molar-refractivity contribution in [2.45, 2.75) is 19.8 Å². The zero-order chi connectivity index (χ0) is 7.84. The molecule has 1 atom stereocenters. The summed E-state index contributed by atoms with van der Waals surface area (Å²) in [6, 6.07) is 0. The van der Waals surface area contributed by atoms with E-state index in [0.29, 0.717) is 11.7 Å². The molecule has 0 aromatic heterocycles. The molecule has 0 N–H and O–H groups in total. The number of hydrogen-bond acceptors (Lipinski definition) is 2. The van der Waals surface area contributed by atoms with Crippen LogP contribution in [0.2, 0.25) is 0 Å². The molecule has 0 aromatic carbocycles. The number of carbonyl (C=O) groups excluding carboxylic acids is 1. The van der Waals surface area contributed by atoms with Crippen molar-refractivity contribution < 1.29 is 4.79 Å². The normalized spacial score (nSPS) is 38.9. The molecule has 0 aromatic rings. The Balaban J connectivity index is 0.000000720. The number of nitrogens with zero attached hydrogens (tertiary/aromatic N) is 1. The third kappa shape index (κ3) is 1.64. The van der Waals surface area contributed by atoms with E-state index < -0.39 is 0 Å². The lowest BCUT2D eigenvalue weighted by atomic mass is 9.77. The first-order chi connectivity index (χ1) is 5.27. The molecule has 3 heterocycles. The molecule has 2 nitrogen and oxygen atoms in total. The van der Waals surface area contributed by atoms with Gasteiger partial charge < -0.3 is 4.90 Å². The van der Waals surface area contributed by atoms with Gasteiger partial charge in [-0.15, -0.1) is 12.4 Å². The van der Waals surface area contributed by atoms with Crippen LogP contribution in [0.4, 0.5) is 0 Å². The van der Waals surface area contributed by atoms with Crippen LogP contribution in [0.3, 0.4) is 0 Å². The highest BCUT2D eigenvalue weighted by atomic mass is 35.5. The molecule has 2 bridgehead atoms. The van der Waals surface area contributed by atoms with Crippen molar-refractivity contribution in [3.05, 3.63) is 0 Å². The molecule has 3 aliphatic heterocycles. The SMILES string of the molecule is CC(=O)C1CN2CCC1CC2.Cl. The van der Waals surface area contributed by atoms with Gasteiger partial charge >= 0.3 is 0 Å². The van der Waals surface area contributed by atoms with Crippen molar-refractivity contribution in [1.29, 1.82) is 0 Å². The molecule has 3 fully saturated rings. The van der Waals surface area contributed by atoms with Crippen LogP contribution >= 0.6 is 12.4 Å². The number of ketones is 1. The summed E-state index contributed by atoms with van der Waals surface area (Å²) in [6.45, 7) is 5.25. The maximum absolute atomic E-state index is 11.2. The molecule has 0 aliphatic carbocycles. The van der Waals surface area contributed by atoms with E-state index in [1.807, 2.05) is 0 Å². The van der Waals surface area contributed by atoms with Crippen LogP contribution in [0.5, 0.6) is 0 Å². The second kappa shape index (κ2) is 3.75. The predicted molar refractivity (Wildman–Crippen MR) is 50.6 cm³/mol. The van der Waals surface area contributed by atoms with E-state index in [-0.39, 0.29) is 12.4 Å². The predicted octanol–water partition coefficient (Wildman–Crippen LogP) is 1.34. The summed E-state index contributed by atoms with van der Waals surface area (Å²) in [5, 5.41) is 0. The molecular weight excluding hydrogens is 174 g/mol. The first-order valence-corrected chi connectivity index (χ1v) is 4.50. The average Bonchev–Trinajstić information content (AvgIpc) is 2.06. The fraction of sp³-hybridized carbons (Fsp3) is 0.889. The Morgan fingerprint density at radius 2 is 1.92 bits per heavy atom. The quantitative estimate of drug-likeness (QED) is 0.621. The Hall–Kier alpha value is -0.0800. The molecule has 3 aliphatic rings.